The lowest BCUT2D eigenvalue weighted by atomic mass is 10.2. The summed E-state index contributed by atoms with van der Waals surface area (Å²) in [5.74, 6) is -0.413. The van der Waals surface area contributed by atoms with Crippen molar-refractivity contribution >= 4 is 44.3 Å². The molecule has 0 saturated heterocycles. The number of thiazole rings is 1. The predicted molar refractivity (Wildman–Crippen MR) is 90.3 cm³/mol. The summed E-state index contributed by atoms with van der Waals surface area (Å²) in [5.41, 5.74) is 0.747. The van der Waals surface area contributed by atoms with Crippen LogP contribution in [0.5, 0.6) is 5.75 Å². The molecule has 8 heteroatoms. The third-order valence-corrected chi connectivity index (χ3v) is 3.90. The number of esters is 1. The van der Waals surface area contributed by atoms with Crippen molar-refractivity contribution in [3.05, 3.63) is 18.2 Å². The Morgan fingerprint density at radius 2 is 2.04 bits per heavy atom. The van der Waals surface area contributed by atoms with E-state index in [1.807, 2.05) is 25.1 Å². The number of fused-ring (bicyclic) bond motifs is 1. The van der Waals surface area contributed by atoms with Crippen LogP contribution >= 0.6 is 11.3 Å². The number of aromatic nitrogens is 1. The number of hydrogen-bond donors (Lipinski definition) is 1. The third-order valence-electron chi connectivity index (χ3n) is 2.96. The molecule has 1 aromatic heterocycles. The molecular formula is C16H18N2O5S. The third kappa shape index (κ3) is 5.31. The molecule has 24 heavy (non-hydrogen) atoms. The number of anilines is 1. The lowest BCUT2D eigenvalue weighted by Gasteiger charge is -2.03. The summed E-state index contributed by atoms with van der Waals surface area (Å²) in [6.45, 7) is 3.46. The van der Waals surface area contributed by atoms with Crippen molar-refractivity contribution in [2.24, 2.45) is 0 Å². The maximum atomic E-state index is 11.8. The van der Waals surface area contributed by atoms with E-state index in [1.54, 1.807) is 0 Å². The first kappa shape index (κ1) is 17.9. The fourth-order valence-electron chi connectivity index (χ4n) is 1.87. The minimum Gasteiger partial charge on any atom is -0.494 e. The number of amides is 1. The van der Waals surface area contributed by atoms with Crippen molar-refractivity contribution in [1.29, 1.82) is 0 Å². The predicted octanol–water partition coefficient (Wildman–Crippen LogP) is 2.55. The summed E-state index contributed by atoms with van der Waals surface area (Å²) < 4.78 is 11.1. The highest BCUT2D eigenvalue weighted by molar-refractivity contribution is 7.22. The van der Waals surface area contributed by atoms with E-state index in [0.717, 1.165) is 16.0 Å². The van der Waals surface area contributed by atoms with Gasteiger partial charge in [0.25, 0.3) is 5.91 Å². The highest BCUT2D eigenvalue weighted by Gasteiger charge is 2.11. The zero-order valence-electron chi connectivity index (χ0n) is 13.5. The van der Waals surface area contributed by atoms with Gasteiger partial charge in [0, 0.05) is 6.42 Å². The lowest BCUT2D eigenvalue weighted by molar-refractivity contribution is -0.148. The van der Waals surface area contributed by atoms with Crippen LogP contribution in [0, 0.1) is 0 Å². The fourth-order valence-corrected chi connectivity index (χ4v) is 2.78. The van der Waals surface area contributed by atoms with Crippen LogP contribution in [0.4, 0.5) is 5.13 Å². The van der Waals surface area contributed by atoms with Crippen molar-refractivity contribution < 1.29 is 23.9 Å². The smallest absolute Gasteiger partial charge is 0.306 e. The van der Waals surface area contributed by atoms with Crippen LogP contribution in [-0.4, -0.2) is 35.9 Å². The molecule has 1 amide bonds. The van der Waals surface area contributed by atoms with Gasteiger partial charge >= 0.3 is 5.97 Å². The Bertz CT molecular complexity index is 756. The van der Waals surface area contributed by atoms with Crippen LogP contribution in [0.1, 0.15) is 26.7 Å². The Morgan fingerprint density at radius 3 is 2.75 bits per heavy atom. The van der Waals surface area contributed by atoms with Crippen molar-refractivity contribution in [1.82, 2.24) is 4.98 Å². The lowest BCUT2D eigenvalue weighted by Crippen LogP contribution is -2.20. The summed E-state index contributed by atoms with van der Waals surface area (Å²) in [5, 5.41) is 3.01. The van der Waals surface area contributed by atoms with Gasteiger partial charge in [-0.3, -0.25) is 14.9 Å². The van der Waals surface area contributed by atoms with Crippen LogP contribution in [0.3, 0.4) is 0 Å². The summed E-state index contributed by atoms with van der Waals surface area (Å²) in [6, 6.07) is 5.48. The van der Waals surface area contributed by atoms with Crippen molar-refractivity contribution in [2.75, 3.05) is 18.5 Å². The molecule has 2 rings (SSSR count). The number of benzene rings is 1. The van der Waals surface area contributed by atoms with Crippen LogP contribution in [0.15, 0.2) is 18.2 Å². The molecule has 0 aliphatic heterocycles. The Morgan fingerprint density at radius 1 is 1.25 bits per heavy atom. The van der Waals surface area contributed by atoms with Gasteiger partial charge in [-0.05, 0) is 32.0 Å². The van der Waals surface area contributed by atoms with Gasteiger partial charge in [-0.1, -0.05) is 11.3 Å². The van der Waals surface area contributed by atoms with Gasteiger partial charge in [-0.25, -0.2) is 4.98 Å². The first-order chi connectivity index (χ1) is 11.5. The highest BCUT2D eigenvalue weighted by atomic mass is 32.1. The molecule has 0 saturated carbocycles. The molecule has 0 aliphatic carbocycles. The number of carbonyl (C=O) groups excluding carboxylic acids is 3. The second kappa shape index (κ2) is 8.39. The monoisotopic (exact) mass is 350 g/mol. The number of Topliss-reactive ketones (excluding diaryl/α,β-unsaturated/α-hetero) is 1. The highest BCUT2D eigenvalue weighted by Crippen LogP contribution is 2.29. The molecule has 7 nitrogen and oxygen atoms in total. The molecule has 1 N–H and O–H groups in total. The molecule has 2 aromatic rings. The zero-order chi connectivity index (χ0) is 17.5. The van der Waals surface area contributed by atoms with Crippen molar-refractivity contribution in [3.8, 4) is 5.75 Å². The van der Waals surface area contributed by atoms with Gasteiger partial charge < -0.3 is 14.3 Å². The second-order valence-corrected chi connectivity index (χ2v) is 6.02. The fraction of sp³-hybridized carbons (Fsp3) is 0.375. The molecule has 0 bridgehead atoms. The van der Waals surface area contributed by atoms with Gasteiger partial charge in [0.2, 0.25) is 0 Å². The number of carbonyl (C=O) groups is 3. The van der Waals surface area contributed by atoms with Crippen LogP contribution in [0.2, 0.25) is 0 Å². The topological polar surface area (TPSA) is 94.6 Å². The Balaban J connectivity index is 1.88. The molecule has 0 aliphatic rings. The van der Waals surface area contributed by atoms with Crippen LogP contribution in [-0.2, 0) is 19.1 Å². The van der Waals surface area contributed by atoms with E-state index in [1.165, 1.54) is 18.3 Å². The van der Waals surface area contributed by atoms with Crippen molar-refractivity contribution in [3.63, 3.8) is 0 Å². The number of ketones is 1. The summed E-state index contributed by atoms with van der Waals surface area (Å²) in [6.07, 6.45) is 0.0877. The standard InChI is InChI=1S/C16H18N2O5S/c1-3-22-11-5-6-12-13(8-11)24-16(17-12)18-14(20)9-23-15(21)7-4-10(2)19/h5-6,8H,3-4,7,9H2,1-2H3,(H,17,18,20). The molecule has 0 unspecified atom stereocenters. The maximum Gasteiger partial charge on any atom is 0.306 e. The van der Waals surface area contributed by atoms with Gasteiger partial charge in [-0.2, -0.15) is 0 Å². The van der Waals surface area contributed by atoms with E-state index >= 15 is 0 Å². The van der Waals surface area contributed by atoms with Gasteiger partial charge in [-0.15, -0.1) is 0 Å². The number of hydrogen-bond acceptors (Lipinski definition) is 7. The zero-order valence-corrected chi connectivity index (χ0v) is 14.3. The van der Waals surface area contributed by atoms with Gasteiger partial charge in [0.15, 0.2) is 11.7 Å². The largest absolute Gasteiger partial charge is 0.494 e. The first-order valence-electron chi connectivity index (χ1n) is 7.46. The SMILES string of the molecule is CCOc1ccc2nc(NC(=O)COC(=O)CCC(C)=O)sc2c1. The van der Waals surface area contributed by atoms with Gasteiger partial charge in [0.1, 0.15) is 11.5 Å². The molecule has 1 aromatic carbocycles. The quantitative estimate of drug-likeness (QED) is 0.735. The molecule has 1 heterocycles. The molecular weight excluding hydrogens is 332 g/mol. The molecule has 128 valence electrons. The number of ether oxygens (including phenoxy) is 2. The number of rotatable bonds is 8. The average Bonchev–Trinajstić information content (AvgIpc) is 2.92. The van der Waals surface area contributed by atoms with E-state index in [-0.39, 0.29) is 18.6 Å². The Labute approximate surface area is 143 Å². The Hall–Kier alpha value is -2.48. The summed E-state index contributed by atoms with van der Waals surface area (Å²) in [7, 11) is 0. The van der Waals surface area contributed by atoms with Crippen LogP contribution in [0.25, 0.3) is 10.2 Å². The average molecular weight is 350 g/mol. The van der Waals surface area contributed by atoms with E-state index in [0.29, 0.717) is 11.7 Å². The molecule has 0 radical (unpaired) electrons. The maximum absolute atomic E-state index is 11.8. The van der Waals surface area contributed by atoms with E-state index in [9.17, 15) is 14.4 Å². The molecule has 0 atom stereocenters. The normalized spacial score (nSPS) is 10.4. The minimum absolute atomic E-state index is 0.0239. The summed E-state index contributed by atoms with van der Waals surface area (Å²) in [4.78, 5) is 38.2. The van der Waals surface area contributed by atoms with Crippen molar-refractivity contribution in [2.45, 2.75) is 26.7 Å². The Kier molecular flexibility index (Phi) is 6.25. The van der Waals surface area contributed by atoms with Crippen LogP contribution < -0.4 is 10.1 Å². The van der Waals surface area contributed by atoms with E-state index < -0.39 is 18.5 Å². The van der Waals surface area contributed by atoms with Gasteiger partial charge in [0.05, 0.1) is 23.2 Å². The number of nitrogens with zero attached hydrogens (tertiary/aromatic N) is 1. The molecule has 0 spiro atoms. The minimum atomic E-state index is -0.578. The van der Waals surface area contributed by atoms with E-state index in [2.05, 4.69) is 10.3 Å². The first-order valence-corrected chi connectivity index (χ1v) is 8.28. The number of nitrogens with one attached hydrogen (secondary N) is 1. The molecule has 0 fully saturated rings. The van der Waals surface area contributed by atoms with E-state index in [4.69, 9.17) is 9.47 Å². The second-order valence-electron chi connectivity index (χ2n) is 4.99. The summed E-state index contributed by atoms with van der Waals surface area (Å²) >= 11 is 1.31.